The summed E-state index contributed by atoms with van der Waals surface area (Å²) in [7, 11) is 0. The van der Waals surface area contributed by atoms with Crippen LogP contribution in [0.3, 0.4) is 0 Å². The number of anilines is 1. The molecule has 1 saturated heterocycles. The van der Waals surface area contributed by atoms with Crippen LogP contribution >= 0.6 is 0 Å². The van der Waals surface area contributed by atoms with Crippen molar-refractivity contribution in [2.75, 3.05) is 18.4 Å². The van der Waals surface area contributed by atoms with Crippen LogP contribution in [0.1, 0.15) is 0 Å². The summed E-state index contributed by atoms with van der Waals surface area (Å²) in [5.74, 6) is -0.270. The summed E-state index contributed by atoms with van der Waals surface area (Å²) in [6, 6.07) is 8.22. The maximum Gasteiger partial charge on any atom is 0.150 e. The van der Waals surface area contributed by atoms with E-state index in [1.807, 2.05) is 0 Å². The topological polar surface area (TPSA) is 47.9 Å². The molecule has 0 aromatic heterocycles. The van der Waals surface area contributed by atoms with Crippen LogP contribution in [0.2, 0.25) is 0 Å². The van der Waals surface area contributed by atoms with Gasteiger partial charge in [-0.25, -0.2) is 4.39 Å². The third-order valence-electron chi connectivity index (χ3n) is 2.30. The summed E-state index contributed by atoms with van der Waals surface area (Å²) in [5.41, 5.74) is 0.257. The molecule has 4 heteroatoms. The fourth-order valence-corrected chi connectivity index (χ4v) is 1.38. The average Bonchev–Trinajstić information content (AvgIpc) is 2.15. The molecule has 14 heavy (non-hydrogen) atoms. The Morgan fingerprint density at radius 1 is 1.36 bits per heavy atom. The van der Waals surface area contributed by atoms with E-state index >= 15 is 0 Å². The molecule has 1 aromatic carbocycles. The Balaban J connectivity index is 2.11. The largest absolute Gasteiger partial charge is 0.365 e. The Morgan fingerprint density at radius 2 is 2.00 bits per heavy atom. The second-order valence-corrected chi connectivity index (χ2v) is 3.43. The van der Waals surface area contributed by atoms with Crippen LogP contribution in [-0.4, -0.2) is 18.6 Å². The molecule has 0 aliphatic carbocycles. The first-order valence-corrected chi connectivity index (χ1v) is 4.40. The summed E-state index contributed by atoms with van der Waals surface area (Å²) in [4.78, 5) is 0. The Hall–Kier alpha value is -1.60. The van der Waals surface area contributed by atoms with Gasteiger partial charge in [-0.1, -0.05) is 0 Å². The van der Waals surface area contributed by atoms with Crippen molar-refractivity contribution in [1.29, 1.82) is 5.26 Å². The second-order valence-electron chi connectivity index (χ2n) is 3.43. The molecule has 1 heterocycles. The SMILES string of the molecule is N#CC1(Nc2ccc(F)cc2)CNC1. The van der Waals surface area contributed by atoms with Crippen LogP contribution in [0, 0.1) is 17.1 Å². The Kier molecular flexibility index (Phi) is 2.10. The van der Waals surface area contributed by atoms with E-state index in [4.69, 9.17) is 5.26 Å². The molecule has 1 fully saturated rings. The summed E-state index contributed by atoms with van der Waals surface area (Å²) in [5, 5.41) is 15.0. The maximum absolute atomic E-state index is 12.6. The summed E-state index contributed by atoms with van der Waals surface area (Å²) in [6.07, 6.45) is 0. The molecule has 0 atom stereocenters. The zero-order valence-corrected chi connectivity index (χ0v) is 7.55. The minimum Gasteiger partial charge on any atom is -0.365 e. The second kappa shape index (κ2) is 3.28. The number of nitriles is 1. The van der Waals surface area contributed by atoms with Gasteiger partial charge in [-0.15, -0.1) is 0 Å². The van der Waals surface area contributed by atoms with Crippen molar-refractivity contribution in [3.63, 3.8) is 0 Å². The highest BCUT2D eigenvalue weighted by atomic mass is 19.1. The zero-order valence-electron chi connectivity index (χ0n) is 7.55. The van der Waals surface area contributed by atoms with E-state index in [1.165, 1.54) is 12.1 Å². The number of hydrogen-bond acceptors (Lipinski definition) is 3. The first-order chi connectivity index (χ1) is 6.74. The molecular weight excluding hydrogens is 181 g/mol. The molecule has 72 valence electrons. The molecule has 2 rings (SSSR count). The molecule has 3 nitrogen and oxygen atoms in total. The number of benzene rings is 1. The van der Waals surface area contributed by atoms with Crippen molar-refractivity contribution in [1.82, 2.24) is 5.32 Å². The minimum atomic E-state index is -0.516. The Labute approximate surface area is 81.5 Å². The van der Waals surface area contributed by atoms with E-state index in [2.05, 4.69) is 16.7 Å². The van der Waals surface area contributed by atoms with Crippen molar-refractivity contribution in [3.8, 4) is 6.07 Å². The Morgan fingerprint density at radius 3 is 2.43 bits per heavy atom. The number of rotatable bonds is 2. The molecule has 1 aromatic rings. The van der Waals surface area contributed by atoms with E-state index in [0.29, 0.717) is 13.1 Å². The van der Waals surface area contributed by atoms with Crippen molar-refractivity contribution < 1.29 is 4.39 Å². The molecule has 0 bridgehead atoms. The normalized spacial score (nSPS) is 18.0. The molecular formula is C10H10FN3. The summed E-state index contributed by atoms with van der Waals surface area (Å²) < 4.78 is 12.6. The zero-order chi connectivity index (χ0) is 10.0. The van der Waals surface area contributed by atoms with Gasteiger partial charge in [0.05, 0.1) is 6.07 Å². The van der Waals surface area contributed by atoms with Gasteiger partial charge in [0.1, 0.15) is 11.4 Å². The molecule has 0 amide bonds. The van der Waals surface area contributed by atoms with Gasteiger partial charge in [0, 0.05) is 18.8 Å². The highest BCUT2D eigenvalue weighted by Gasteiger charge is 2.36. The summed E-state index contributed by atoms with van der Waals surface area (Å²) in [6.45, 7) is 1.25. The molecule has 0 saturated carbocycles. The standard InChI is InChI=1S/C10H10FN3/c11-8-1-3-9(4-2-8)14-10(5-12)6-13-7-10/h1-4,13-14H,6-7H2. The molecule has 1 aliphatic rings. The number of nitrogens with zero attached hydrogens (tertiary/aromatic N) is 1. The average molecular weight is 191 g/mol. The first-order valence-electron chi connectivity index (χ1n) is 4.40. The van der Waals surface area contributed by atoms with Gasteiger partial charge < -0.3 is 10.6 Å². The maximum atomic E-state index is 12.6. The summed E-state index contributed by atoms with van der Waals surface area (Å²) >= 11 is 0. The molecule has 0 radical (unpaired) electrons. The monoisotopic (exact) mass is 191 g/mol. The lowest BCUT2D eigenvalue weighted by atomic mass is 9.94. The van der Waals surface area contributed by atoms with E-state index < -0.39 is 5.54 Å². The Bertz CT molecular complexity index is 362. The third kappa shape index (κ3) is 1.54. The van der Waals surface area contributed by atoms with Crippen molar-refractivity contribution >= 4 is 5.69 Å². The van der Waals surface area contributed by atoms with Crippen LogP contribution in [0.25, 0.3) is 0 Å². The molecule has 1 aliphatic heterocycles. The van der Waals surface area contributed by atoms with Gasteiger partial charge in [-0.3, -0.25) is 0 Å². The van der Waals surface area contributed by atoms with Crippen LogP contribution in [0.4, 0.5) is 10.1 Å². The highest BCUT2D eigenvalue weighted by molar-refractivity contribution is 5.49. The predicted octanol–water partition coefficient (Wildman–Crippen LogP) is 1.10. The fourth-order valence-electron chi connectivity index (χ4n) is 1.38. The lowest BCUT2D eigenvalue weighted by Crippen LogP contribution is -2.63. The number of nitrogens with one attached hydrogen (secondary N) is 2. The van der Waals surface area contributed by atoms with Crippen LogP contribution in [0.15, 0.2) is 24.3 Å². The van der Waals surface area contributed by atoms with Crippen LogP contribution < -0.4 is 10.6 Å². The number of hydrogen-bond donors (Lipinski definition) is 2. The van der Waals surface area contributed by atoms with E-state index in [9.17, 15) is 4.39 Å². The highest BCUT2D eigenvalue weighted by Crippen LogP contribution is 2.18. The molecule has 2 N–H and O–H groups in total. The van der Waals surface area contributed by atoms with Gasteiger partial charge in [0.15, 0.2) is 0 Å². The lowest BCUT2D eigenvalue weighted by molar-refractivity contribution is 0.387. The smallest absolute Gasteiger partial charge is 0.150 e. The van der Waals surface area contributed by atoms with Crippen molar-refractivity contribution in [3.05, 3.63) is 30.1 Å². The van der Waals surface area contributed by atoms with Gasteiger partial charge in [-0.05, 0) is 24.3 Å². The van der Waals surface area contributed by atoms with Gasteiger partial charge in [0.2, 0.25) is 0 Å². The van der Waals surface area contributed by atoms with Crippen LogP contribution in [-0.2, 0) is 0 Å². The quantitative estimate of drug-likeness (QED) is 0.736. The number of halogens is 1. The first kappa shape index (κ1) is 8.97. The van der Waals surface area contributed by atoms with Crippen molar-refractivity contribution in [2.45, 2.75) is 5.54 Å². The third-order valence-corrected chi connectivity index (χ3v) is 2.30. The minimum absolute atomic E-state index is 0.270. The van der Waals surface area contributed by atoms with E-state index in [0.717, 1.165) is 5.69 Å². The predicted molar refractivity (Wildman–Crippen MR) is 51.2 cm³/mol. The molecule has 0 spiro atoms. The van der Waals surface area contributed by atoms with Crippen LogP contribution in [0.5, 0.6) is 0 Å². The van der Waals surface area contributed by atoms with Crippen molar-refractivity contribution in [2.24, 2.45) is 0 Å². The molecule has 0 unspecified atom stereocenters. The van der Waals surface area contributed by atoms with E-state index in [-0.39, 0.29) is 5.82 Å². The van der Waals surface area contributed by atoms with E-state index in [1.54, 1.807) is 12.1 Å². The lowest BCUT2D eigenvalue weighted by Gasteiger charge is -2.37. The van der Waals surface area contributed by atoms with Gasteiger partial charge in [-0.2, -0.15) is 5.26 Å². The fraction of sp³-hybridized carbons (Fsp3) is 0.300. The van der Waals surface area contributed by atoms with Gasteiger partial charge in [0.25, 0.3) is 0 Å². The van der Waals surface area contributed by atoms with Gasteiger partial charge >= 0.3 is 0 Å².